The molecule has 4 rings (SSSR count). The summed E-state index contributed by atoms with van der Waals surface area (Å²) in [6.07, 6.45) is 5.70. The highest BCUT2D eigenvalue weighted by molar-refractivity contribution is 7.15. The van der Waals surface area contributed by atoms with Gasteiger partial charge in [-0.2, -0.15) is 0 Å². The number of hydrogen-bond donors (Lipinski definition) is 1. The summed E-state index contributed by atoms with van der Waals surface area (Å²) < 4.78 is 11.5. The second-order valence-electron chi connectivity index (χ2n) is 7.71. The Hall–Kier alpha value is -2.03. The lowest BCUT2D eigenvalue weighted by Gasteiger charge is -2.37. The number of ether oxygens (including phenoxy) is 2. The lowest BCUT2D eigenvalue weighted by molar-refractivity contribution is -0.146. The number of carbonyl (C=O) groups excluding carboxylic acids is 1. The largest absolute Gasteiger partial charge is 0.381 e. The van der Waals surface area contributed by atoms with Gasteiger partial charge in [0.1, 0.15) is 11.9 Å². The molecule has 2 aliphatic rings. The van der Waals surface area contributed by atoms with Gasteiger partial charge in [0, 0.05) is 30.6 Å². The Kier molecular flexibility index (Phi) is 6.42. The van der Waals surface area contributed by atoms with Crippen molar-refractivity contribution in [3.8, 4) is 0 Å². The highest BCUT2D eigenvalue weighted by Crippen LogP contribution is 2.30. The number of hydrogen-bond acceptors (Lipinski definition) is 7. The Bertz CT molecular complexity index is 843. The van der Waals surface area contributed by atoms with Gasteiger partial charge < -0.3 is 19.7 Å². The molecule has 3 atom stereocenters. The van der Waals surface area contributed by atoms with Crippen LogP contribution in [0.5, 0.6) is 0 Å². The lowest BCUT2D eigenvalue weighted by Crippen LogP contribution is -2.46. The fourth-order valence-corrected chi connectivity index (χ4v) is 4.76. The van der Waals surface area contributed by atoms with Crippen molar-refractivity contribution in [2.75, 3.05) is 32.1 Å². The van der Waals surface area contributed by atoms with E-state index < -0.39 is 0 Å². The van der Waals surface area contributed by atoms with E-state index in [0.29, 0.717) is 19.7 Å². The highest BCUT2D eigenvalue weighted by atomic mass is 32.1. The molecule has 1 saturated heterocycles. The molecule has 29 heavy (non-hydrogen) atoms. The summed E-state index contributed by atoms with van der Waals surface area (Å²) in [5, 5.41) is 4.07. The maximum atomic E-state index is 13.1. The van der Waals surface area contributed by atoms with E-state index in [4.69, 9.17) is 14.5 Å². The van der Waals surface area contributed by atoms with Crippen LogP contribution in [0.3, 0.4) is 0 Å². The van der Waals surface area contributed by atoms with Gasteiger partial charge in [-0.15, -0.1) is 11.3 Å². The molecular formula is C21H28N4O3S. The van der Waals surface area contributed by atoms with Gasteiger partial charge in [-0.25, -0.2) is 9.97 Å². The molecule has 2 aromatic heterocycles. The number of nitrogens with zero attached hydrogens (tertiary/aromatic N) is 3. The molecule has 1 N–H and O–H groups in total. The molecule has 2 aromatic rings. The fraction of sp³-hybridized carbons (Fsp3) is 0.571. The van der Waals surface area contributed by atoms with Crippen LogP contribution in [0, 0.1) is 12.8 Å². The number of thiazole rings is 1. The van der Waals surface area contributed by atoms with Crippen LogP contribution in [-0.2, 0) is 14.3 Å². The van der Waals surface area contributed by atoms with Crippen LogP contribution in [0.15, 0.2) is 24.4 Å². The number of amides is 1. The molecule has 156 valence electrons. The Morgan fingerprint density at radius 3 is 3.07 bits per heavy atom. The third kappa shape index (κ3) is 4.94. The standard InChI is InChI=1S/C21H28N4O3S/c1-14-12-22-21(29-14)24-19-8-4-7-17(23-19)18-13-25(9-10-28-18)20(26)15-5-3-6-16(11-15)27-2/h4,7-8,12,15-16,18H,3,5-6,9-11,13H2,1-2H3,(H,22,23,24). The third-order valence-corrected chi connectivity index (χ3v) is 6.47. The summed E-state index contributed by atoms with van der Waals surface area (Å²) in [4.78, 5) is 25.2. The molecule has 0 spiro atoms. The zero-order valence-corrected chi connectivity index (χ0v) is 17.8. The predicted octanol–water partition coefficient (Wildman–Crippen LogP) is 3.70. The number of nitrogens with one attached hydrogen (secondary N) is 1. The van der Waals surface area contributed by atoms with Crippen LogP contribution in [0.1, 0.15) is 42.4 Å². The number of rotatable bonds is 5. The minimum atomic E-state index is -0.214. The van der Waals surface area contributed by atoms with Crippen molar-refractivity contribution in [1.82, 2.24) is 14.9 Å². The molecule has 8 heteroatoms. The Morgan fingerprint density at radius 1 is 1.38 bits per heavy atom. The van der Waals surface area contributed by atoms with Crippen LogP contribution < -0.4 is 5.32 Å². The number of carbonyl (C=O) groups is 1. The first-order valence-electron chi connectivity index (χ1n) is 10.2. The van der Waals surface area contributed by atoms with Crippen molar-refractivity contribution in [3.63, 3.8) is 0 Å². The van der Waals surface area contributed by atoms with Crippen molar-refractivity contribution in [1.29, 1.82) is 0 Å². The summed E-state index contributed by atoms with van der Waals surface area (Å²) in [5.41, 5.74) is 0.833. The van der Waals surface area contributed by atoms with Crippen LogP contribution >= 0.6 is 11.3 Å². The van der Waals surface area contributed by atoms with E-state index in [1.807, 2.05) is 36.2 Å². The zero-order valence-electron chi connectivity index (χ0n) is 17.0. The number of aryl methyl sites for hydroxylation is 1. The fourth-order valence-electron chi connectivity index (χ4n) is 4.09. The van der Waals surface area contributed by atoms with Gasteiger partial charge in [-0.05, 0) is 38.3 Å². The molecule has 1 aliphatic heterocycles. The second kappa shape index (κ2) is 9.19. The van der Waals surface area contributed by atoms with Gasteiger partial charge in [0.05, 0.1) is 24.9 Å². The van der Waals surface area contributed by atoms with Gasteiger partial charge in [0.15, 0.2) is 5.13 Å². The second-order valence-corrected chi connectivity index (χ2v) is 8.95. The Labute approximate surface area is 175 Å². The quantitative estimate of drug-likeness (QED) is 0.801. The van der Waals surface area contributed by atoms with E-state index in [-0.39, 0.29) is 24.0 Å². The van der Waals surface area contributed by atoms with E-state index in [1.54, 1.807) is 18.4 Å². The van der Waals surface area contributed by atoms with Crippen LogP contribution in [0.25, 0.3) is 0 Å². The van der Waals surface area contributed by atoms with Crippen molar-refractivity contribution in [2.45, 2.75) is 44.8 Å². The molecule has 1 amide bonds. The van der Waals surface area contributed by atoms with Crippen LogP contribution in [0.2, 0.25) is 0 Å². The minimum absolute atomic E-state index is 0.0570. The molecule has 3 unspecified atom stereocenters. The van der Waals surface area contributed by atoms with Crippen LogP contribution in [-0.4, -0.2) is 53.7 Å². The predicted molar refractivity (Wildman–Crippen MR) is 112 cm³/mol. The van der Waals surface area contributed by atoms with E-state index in [0.717, 1.165) is 47.2 Å². The number of methoxy groups -OCH3 is 1. The third-order valence-electron chi connectivity index (χ3n) is 5.64. The molecular weight excluding hydrogens is 388 g/mol. The number of anilines is 2. The van der Waals surface area contributed by atoms with E-state index in [1.165, 1.54) is 0 Å². The van der Waals surface area contributed by atoms with Gasteiger partial charge in [0.2, 0.25) is 5.91 Å². The van der Waals surface area contributed by atoms with Crippen LogP contribution in [0.4, 0.5) is 10.9 Å². The van der Waals surface area contributed by atoms with Gasteiger partial charge in [0.25, 0.3) is 0 Å². The molecule has 0 bridgehead atoms. The minimum Gasteiger partial charge on any atom is -0.381 e. The molecule has 1 aliphatic carbocycles. The van der Waals surface area contributed by atoms with Crippen molar-refractivity contribution in [3.05, 3.63) is 35.0 Å². The molecule has 1 saturated carbocycles. The summed E-state index contributed by atoms with van der Waals surface area (Å²) in [6, 6.07) is 5.83. The first-order valence-corrected chi connectivity index (χ1v) is 11.0. The molecule has 2 fully saturated rings. The number of aromatic nitrogens is 2. The Balaban J connectivity index is 1.41. The van der Waals surface area contributed by atoms with Gasteiger partial charge in [-0.3, -0.25) is 4.79 Å². The molecule has 7 nitrogen and oxygen atoms in total. The maximum Gasteiger partial charge on any atom is 0.225 e. The maximum absolute atomic E-state index is 13.1. The number of morpholine rings is 1. The first kappa shape index (κ1) is 20.3. The summed E-state index contributed by atoms with van der Waals surface area (Å²) in [6.45, 7) is 3.73. The summed E-state index contributed by atoms with van der Waals surface area (Å²) >= 11 is 1.59. The van der Waals surface area contributed by atoms with Gasteiger partial charge >= 0.3 is 0 Å². The SMILES string of the molecule is COC1CCCC(C(=O)N2CCOC(c3cccc(Nc4ncc(C)s4)n3)C2)C1. The molecule has 0 radical (unpaired) electrons. The average Bonchev–Trinajstić information content (AvgIpc) is 3.18. The Morgan fingerprint density at radius 2 is 2.28 bits per heavy atom. The van der Waals surface area contributed by atoms with Crippen molar-refractivity contribution >= 4 is 28.2 Å². The first-order chi connectivity index (χ1) is 14.1. The van der Waals surface area contributed by atoms with Gasteiger partial charge in [-0.1, -0.05) is 12.5 Å². The molecule has 0 aromatic carbocycles. The van der Waals surface area contributed by atoms with E-state index >= 15 is 0 Å². The van der Waals surface area contributed by atoms with E-state index in [9.17, 15) is 4.79 Å². The molecule has 3 heterocycles. The smallest absolute Gasteiger partial charge is 0.225 e. The topological polar surface area (TPSA) is 76.6 Å². The summed E-state index contributed by atoms with van der Waals surface area (Å²) in [7, 11) is 1.74. The normalized spacial score (nSPS) is 25.0. The lowest BCUT2D eigenvalue weighted by atomic mass is 9.86. The van der Waals surface area contributed by atoms with E-state index in [2.05, 4.69) is 10.3 Å². The average molecular weight is 417 g/mol. The highest BCUT2D eigenvalue weighted by Gasteiger charge is 2.33. The zero-order chi connectivity index (χ0) is 20.2. The van der Waals surface area contributed by atoms with Crippen molar-refractivity contribution in [2.24, 2.45) is 5.92 Å². The summed E-state index contributed by atoms with van der Waals surface area (Å²) in [5.74, 6) is 1.02. The van der Waals surface area contributed by atoms with Crippen molar-refractivity contribution < 1.29 is 14.3 Å². The monoisotopic (exact) mass is 416 g/mol. The number of pyridine rings is 1.